The summed E-state index contributed by atoms with van der Waals surface area (Å²) < 4.78 is 0. The zero-order valence-electron chi connectivity index (χ0n) is 9.34. The Kier molecular flexibility index (Phi) is 3.74. The molecule has 0 saturated carbocycles. The standard InChI is InChI=1S/C11H24N2/c1-10-5-4-6-13(7-10)9-11(2,3)8-12/h10H,4-9,12H2,1-3H3. The van der Waals surface area contributed by atoms with E-state index in [-0.39, 0.29) is 5.41 Å². The molecule has 0 amide bonds. The average Bonchev–Trinajstić information content (AvgIpc) is 2.03. The quantitative estimate of drug-likeness (QED) is 0.723. The Balaban J connectivity index is 2.35. The maximum atomic E-state index is 5.73. The third-order valence-electron chi connectivity index (χ3n) is 2.95. The van der Waals surface area contributed by atoms with Crippen molar-refractivity contribution in [2.24, 2.45) is 17.1 Å². The molecule has 0 radical (unpaired) electrons. The van der Waals surface area contributed by atoms with E-state index in [1.54, 1.807) is 0 Å². The van der Waals surface area contributed by atoms with E-state index in [0.29, 0.717) is 0 Å². The second kappa shape index (κ2) is 4.43. The lowest BCUT2D eigenvalue weighted by atomic mass is 9.91. The summed E-state index contributed by atoms with van der Waals surface area (Å²) >= 11 is 0. The molecular weight excluding hydrogens is 160 g/mol. The van der Waals surface area contributed by atoms with E-state index < -0.39 is 0 Å². The molecule has 13 heavy (non-hydrogen) atoms. The van der Waals surface area contributed by atoms with Crippen LogP contribution in [0.25, 0.3) is 0 Å². The van der Waals surface area contributed by atoms with Crippen LogP contribution in [-0.4, -0.2) is 31.1 Å². The van der Waals surface area contributed by atoms with E-state index in [1.165, 1.54) is 25.9 Å². The van der Waals surface area contributed by atoms with Crippen molar-refractivity contribution < 1.29 is 0 Å². The average molecular weight is 184 g/mol. The third-order valence-corrected chi connectivity index (χ3v) is 2.95. The van der Waals surface area contributed by atoms with Crippen LogP contribution in [0.1, 0.15) is 33.6 Å². The molecule has 1 aliphatic rings. The van der Waals surface area contributed by atoms with Gasteiger partial charge in [0.25, 0.3) is 0 Å². The molecule has 2 nitrogen and oxygen atoms in total. The highest BCUT2D eigenvalue weighted by molar-refractivity contribution is 4.78. The van der Waals surface area contributed by atoms with Crippen LogP contribution in [-0.2, 0) is 0 Å². The first-order valence-corrected chi connectivity index (χ1v) is 5.46. The summed E-state index contributed by atoms with van der Waals surface area (Å²) in [6, 6.07) is 0. The highest BCUT2D eigenvalue weighted by Crippen LogP contribution is 2.21. The van der Waals surface area contributed by atoms with Crippen molar-refractivity contribution in [3.63, 3.8) is 0 Å². The van der Waals surface area contributed by atoms with E-state index in [9.17, 15) is 0 Å². The monoisotopic (exact) mass is 184 g/mol. The Morgan fingerprint density at radius 2 is 2.15 bits per heavy atom. The minimum Gasteiger partial charge on any atom is -0.330 e. The number of rotatable bonds is 3. The summed E-state index contributed by atoms with van der Waals surface area (Å²) in [5, 5.41) is 0. The van der Waals surface area contributed by atoms with Crippen molar-refractivity contribution in [3.8, 4) is 0 Å². The lowest BCUT2D eigenvalue weighted by molar-refractivity contribution is 0.129. The smallest absolute Gasteiger partial charge is 0.00449 e. The topological polar surface area (TPSA) is 29.3 Å². The SMILES string of the molecule is CC1CCCN(CC(C)(C)CN)C1. The summed E-state index contributed by atoms with van der Waals surface area (Å²) in [4.78, 5) is 2.57. The molecular formula is C11H24N2. The van der Waals surface area contributed by atoms with Gasteiger partial charge in [-0.15, -0.1) is 0 Å². The Bertz CT molecular complexity index is 154. The first-order valence-electron chi connectivity index (χ1n) is 5.46. The predicted octanol–water partition coefficient (Wildman–Crippen LogP) is 1.70. The Morgan fingerprint density at radius 3 is 2.69 bits per heavy atom. The highest BCUT2D eigenvalue weighted by atomic mass is 15.1. The zero-order chi connectivity index (χ0) is 9.90. The Hall–Kier alpha value is -0.0800. The summed E-state index contributed by atoms with van der Waals surface area (Å²) in [6.07, 6.45) is 2.77. The number of hydrogen-bond acceptors (Lipinski definition) is 2. The van der Waals surface area contributed by atoms with Gasteiger partial charge in [-0.2, -0.15) is 0 Å². The fourth-order valence-corrected chi connectivity index (χ4v) is 2.10. The summed E-state index contributed by atoms with van der Waals surface area (Å²) in [6.45, 7) is 11.4. The van der Waals surface area contributed by atoms with Gasteiger partial charge in [0.05, 0.1) is 0 Å². The van der Waals surface area contributed by atoms with Gasteiger partial charge in [-0.25, -0.2) is 0 Å². The fraction of sp³-hybridized carbons (Fsp3) is 1.00. The number of nitrogens with zero attached hydrogens (tertiary/aromatic N) is 1. The van der Waals surface area contributed by atoms with Crippen LogP contribution in [0.3, 0.4) is 0 Å². The minimum atomic E-state index is 0.289. The summed E-state index contributed by atoms with van der Waals surface area (Å²) in [7, 11) is 0. The number of hydrogen-bond donors (Lipinski definition) is 1. The van der Waals surface area contributed by atoms with Crippen LogP contribution in [0.2, 0.25) is 0 Å². The second-order valence-electron chi connectivity index (χ2n) is 5.35. The van der Waals surface area contributed by atoms with Gasteiger partial charge in [0.2, 0.25) is 0 Å². The van der Waals surface area contributed by atoms with Crippen molar-refractivity contribution >= 4 is 0 Å². The van der Waals surface area contributed by atoms with Gasteiger partial charge < -0.3 is 10.6 Å². The number of piperidine rings is 1. The minimum absolute atomic E-state index is 0.289. The lowest BCUT2D eigenvalue weighted by Gasteiger charge is -2.36. The molecule has 0 aromatic heterocycles. The first kappa shape index (κ1) is 11.0. The molecule has 1 aliphatic heterocycles. The van der Waals surface area contributed by atoms with Crippen molar-refractivity contribution in [3.05, 3.63) is 0 Å². The van der Waals surface area contributed by atoms with Gasteiger partial charge in [-0.05, 0) is 37.3 Å². The zero-order valence-corrected chi connectivity index (χ0v) is 9.34. The fourth-order valence-electron chi connectivity index (χ4n) is 2.10. The molecule has 78 valence electrons. The van der Waals surface area contributed by atoms with Crippen LogP contribution in [0, 0.1) is 11.3 Å². The van der Waals surface area contributed by atoms with Gasteiger partial charge in [-0.3, -0.25) is 0 Å². The first-order chi connectivity index (χ1) is 6.03. The van der Waals surface area contributed by atoms with Gasteiger partial charge in [0.1, 0.15) is 0 Å². The van der Waals surface area contributed by atoms with Crippen molar-refractivity contribution in [1.82, 2.24) is 4.90 Å². The third kappa shape index (κ3) is 3.65. The molecule has 0 aliphatic carbocycles. The maximum Gasteiger partial charge on any atom is 0.00449 e. The van der Waals surface area contributed by atoms with E-state index in [4.69, 9.17) is 5.73 Å². The molecule has 1 rings (SSSR count). The largest absolute Gasteiger partial charge is 0.330 e. The molecule has 1 atom stereocenters. The van der Waals surface area contributed by atoms with Crippen LogP contribution < -0.4 is 5.73 Å². The Morgan fingerprint density at radius 1 is 1.46 bits per heavy atom. The van der Waals surface area contributed by atoms with Crippen LogP contribution in [0.15, 0.2) is 0 Å². The molecule has 1 fully saturated rings. The second-order valence-corrected chi connectivity index (χ2v) is 5.35. The summed E-state index contributed by atoms with van der Waals surface area (Å²) in [5.74, 6) is 0.877. The number of nitrogens with two attached hydrogens (primary N) is 1. The molecule has 2 heteroatoms. The molecule has 0 spiro atoms. The van der Waals surface area contributed by atoms with E-state index in [0.717, 1.165) is 19.0 Å². The highest BCUT2D eigenvalue weighted by Gasteiger charge is 2.23. The van der Waals surface area contributed by atoms with Gasteiger partial charge in [-0.1, -0.05) is 20.8 Å². The van der Waals surface area contributed by atoms with Crippen molar-refractivity contribution in [2.75, 3.05) is 26.2 Å². The van der Waals surface area contributed by atoms with E-state index >= 15 is 0 Å². The lowest BCUT2D eigenvalue weighted by Crippen LogP contribution is -2.43. The van der Waals surface area contributed by atoms with Crippen LogP contribution in [0.5, 0.6) is 0 Å². The maximum absolute atomic E-state index is 5.73. The van der Waals surface area contributed by atoms with Crippen LogP contribution in [0.4, 0.5) is 0 Å². The number of likely N-dealkylation sites (tertiary alicyclic amines) is 1. The van der Waals surface area contributed by atoms with Crippen molar-refractivity contribution in [2.45, 2.75) is 33.6 Å². The molecule has 1 heterocycles. The van der Waals surface area contributed by atoms with Crippen LogP contribution >= 0.6 is 0 Å². The van der Waals surface area contributed by atoms with Crippen molar-refractivity contribution in [1.29, 1.82) is 0 Å². The van der Waals surface area contributed by atoms with E-state index in [1.807, 2.05) is 0 Å². The van der Waals surface area contributed by atoms with Gasteiger partial charge in [0.15, 0.2) is 0 Å². The molecule has 0 aromatic carbocycles. The summed E-state index contributed by atoms with van der Waals surface area (Å²) in [5.41, 5.74) is 6.02. The van der Waals surface area contributed by atoms with E-state index in [2.05, 4.69) is 25.7 Å². The molecule has 0 aromatic rings. The molecule has 1 unspecified atom stereocenters. The molecule has 0 bridgehead atoms. The molecule has 1 saturated heterocycles. The Labute approximate surface area is 82.5 Å². The molecule has 2 N–H and O–H groups in total. The predicted molar refractivity (Wildman–Crippen MR) is 57.7 cm³/mol. The van der Waals surface area contributed by atoms with Gasteiger partial charge >= 0.3 is 0 Å². The normalized spacial score (nSPS) is 26.3. The van der Waals surface area contributed by atoms with Gasteiger partial charge in [0, 0.05) is 13.1 Å².